The second-order valence-electron chi connectivity index (χ2n) is 6.30. The topological polar surface area (TPSA) is 117 Å². The molecule has 0 bridgehead atoms. The van der Waals surface area contributed by atoms with E-state index in [1.807, 2.05) is 19.9 Å². The van der Waals surface area contributed by atoms with Crippen molar-refractivity contribution in [1.29, 1.82) is 0 Å². The number of hydrogen-bond donors (Lipinski definition) is 3. The Hall–Kier alpha value is -3.07. The zero-order chi connectivity index (χ0) is 19.4. The third kappa shape index (κ3) is 4.20. The van der Waals surface area contributed by atoms with E-state index < -0.39 is 0 Å². The number of imidazole rings is 1. The number of esters is 1. The number of carbonyl (C=O) groups is 1. The maximum Gasteiger partial charge on any atom is 0.322 e. The number of aromatic amines is 1. The van der Waals surface area contributed by atoms with Crippen molar-refractivity contribution in [2.45, 2.75) is 32.4 Å². The predicted molar refractivity (Wildman–Crippen MR) is 104 cm³/mol. The molecule has 1 aliphatic heterocycles. The lowest BCUT2D eigenvalue weighted by Crippen LogP contribution is -2.31. The Labute approximate surface area is 157 Å². The lowest BCUT2D eigenvalue weighted by molar-refractivity contribution is -0.142. The Kier molecular flexibility index (Phi) is 5.60. The van der Waals surface area contributed by atoms with Crippen molar-refractivity contribution in [2.24, 2.45) is 4.99 Å². The largest absolute Gasteiger partial charge is 0.468 e. The minimum absolute atomic E-state index is 0.0403. The third-order valence-electron chi connectivity index (χ3n) is 4.25. The van der Waals surface area contributed by atoms with E-state index in [9.17, 15) is 4.79 Å². The number of allylic oxidation sites excluding steroid dienone is 3. The van der Waals surface area contributed by atoms with Gasteiger partial charge in [-0.1, -0.05) is 12.7 Å². The highest BCUT2D eigenvalue weighted by molar-refractivity contribution is 6.09. The van der Waals surface area contributed by atoms with E-state index in [2.05, 4.69) is 42.1 Å². The van der Waals surface area contributed by atoms with Crippen LogP contribution in [0.3, 0.4) is 0 Å². The summed E-state index contributed by atoms with van der Waals surface area (Å²) in [5, 5.41) is 6.48. The van der Waals surface area contributed by atoms with E-state index in [0.717, 1.165) is 5.57 Å². The summed E-state index contributed by atoms with van der Waals surface area (Å²) in [4.78, 5) is 32.3. The van der Waals surface area contributed by atoms with Crippen LogP contribution in [0.25, 0.3) is 16.7 Å². The van der Waals surface area contributed by atoms with Gasteiger partial charge >= 0.3 is 5.97 Å². The molecule has 0 radical (unpaired) electrons. The number of H-pyrrole nitrogens is 1. The quantitative estimate of drug-likeness (QED) is 0.524. The number of carbonyl (C=O) groups excluding carboxylic acids is 1. The van der Waals surface area contributed by atoms with Crippen LogP contribution in [0.1, 0.15) is 26.1 Å². The van der Waals surface area contributed by atoms with Crippen molar-refractivity contribution in [3.8, 4) is 0 Å². The van der Waals surface area contributed by atoms with Crippen LogP contribution in [0.4, 0.5) is 5.82 Å². The molecule has 0 saturated carbocycles. The van der Waals surface area contributed by atoms with Crippen molar-refractivity contribution in [3.63, 3.8) is 0 Å². The van der Waals surface area contributed by atoms with Crippen LogP contribution < -0.4 is 10.6 Å². The van der Waals surface area contributed by atoms with E-state index >= 15 is 0 Å². The highest BCUT2D eigenvalue weighted by Crippen LogP contribution is 2.22. The lowest BCUT2D eigenvalue weighted by atomic mass is 10.2. The van der Waals surface area contributed by atoms with E-state index in [1.54, 1.807) is 6.21 Å². The van der Waals surface area contributed by atoms with Gasteiger partial charge in [-0.3, -0.25) is 9.79 Å². The lowest BCUT2D eigenvalue weighted by Gasteiger charge is -2.12. The summed E-state index contributed by atoms with van der Waals surface area (Å²) in [6.07, 6.45) is 5.71. The number of rotatable bonds is 6. The van der Waals surface area contributed by atoms with Gasteiger partial charge in [0.05, 0.1) is 7.11 Å². The summed E-state index contributed by atoms with van der Waals surface area (Å²) < 4.78 is 4.79. The van der Waals surface area contributed by atoms with Gasteiger partial charge in [0.25, 0.3) is 0 Å². The number of methoxy groups -OCH3 is 1. The average molecular weight is 369 g/mol. The molecule has 3 heterocycles. The van der Waals surface area contributed by atoms with Gasteiger partial charge in [0, 0.05) is 30.1 Å². The average Bonchev–Trinajstić information content (AvgIpc) is 3.29. The van der Waals surface area contributed by atoms with E-state index in [1.165, 1.54) is 13.4 Å². The first-order valence-corrected chi connectivity index (χ1v) is 8.66. The molecule has 2 aromatic rings. The molecule has 0 aliphatic carbocycles. The SMILES string of the molecule is C=C(C)/N=C\C(=C/C)c1nc2c(NC3CNC(C(=O)OC)C3)ncnc2[nH]1. The van der Waals surface area contributed by atoms with Gasteiger partial charge in [0.15, 0.2) is 17.0 Å². The van der Waals surface area contributed by atoms with Crippen LogP contribution in [-0.2, 0) is 9.53 Å². The molecule has 9 nitrogen and oxygen atoms in total. The van der Waals surface area contributed by atoms with Gasteiger partial charge in [-0.25, -0.2) is 15.0 Å². The minimum atomic E-state index is -0.312. The number of fused-ring (bicyclic) bond motifs is 1. The first-order valence-electron chi connectivity index (χ1n) is 8.66. The van der Waals surface area contributed by atoms with Gasteiger partial charge in [-0.15, -0.1) is 0 Å². The summed E-state index contributed by atoms with van der Waals surface area (Å²) in [6.45, 7) is 8.14. The number of hydrogen-bond acceptors (Lipinski definition) is 8. The molecule has 1 fully saturated rings. The maximum absolute atomic E-state index is 11.7. The predicted octanol–water partition coefficient (Wildman–Crippen LogP) is 1.68. The molecule has 0 aromatic carbocycles. The van der Waals surface area contributed by atoms with Gasteiger partial charge in [0.2, 0.25) is 0 Å². The second-order valence-corrected chi connectivity index (χ2v) is 6.30. The summed E-state index contributed by atoms with van der Waals surface area (Å²) in [5.74, 6) is 1.01. The van der Waals surface area contributed by atoms with E-state index in [-0.39, 0.29) is 18.1 Å². The Bertz CT molecular complexity index is 916. The van der Waals surface area contributed by atoms with Crippen molar-refractivity contribution in [3.05, 3.63) is 30.5 Å². The fraction of sp³-hybridized carbons (Fsp3) is 0.389. The molecule has 1 saturated heterocycles. The van der Waals surface area contributed by atoms with Crippen molar-refractivity contribution in [2.75, 3.05) is 19.0 Å². The van der Waals surface area contributed by atoms with Crippen LogP contribution in [0.2, 0.25) is 0 Å². The molecule has 0 amide bonds. The smallest absolute Gasteiger partial charge is 0.322 e. The second kappa shape index (κ2) is 8.09. The number of aromatic nitrogens is 4. The molecule has 3 rings (SSSR count). The molecule has 9 heteroatoms. The van der Waals surface area contributed by atoms with E-state index in [0.29, 0.717) is 41.5 Å². The first-order chi connectivity index (χ1) is 13.0. The fourth-order valence-corrected chi connectivity index (χ4v) is 2.88. The Morgan fingerprint density at radius 3 is 3.00 bits per heavy atom. The van der Waals surface area contributed by atoms with Gasteiger partial charge < -0.3 is 20.4 Å². The summed E-state index contributed by atoms with van der Waals surface area (Å²) in [5.41, 5.74) is 2.80. The fourth-order valence-electron chi connectivity index (χ4n) is 2.88. The summed E-state index contributed by atoms with van der Waals surface area (Å²) in [6, 6.07) is -0.272. The third-order valence-corrected chi connectivity index (χ3v) is 4.25. The summed E-state index contributed by atoms with van der Waals surface area (Å²) in [7, 11) is 1.39. The number of anilines is 1. The molecule has 2 aromatic heterocycles. The monoisotopic (exact) mass is 369 g/mol. The molecular weight excluding hydrogens is 346 g/mol. The maximum atomic E-state index is 11.7. The molecule has 142 valence electrons. The van der Waals surface area contributed by atoms with Crippen molar-refractivity contribution in [1.82, 2.24) is 25.3 Å². The van der Waals surface area contributed by atoms with Crippen LogP contribution in [0, 0.1) is 0 Å². The van der Waals surface area contributed by atoms with Gasteiger partial charge in [0.1, 0.15) is 18.2 Å². The molecule has 3 N–H and O–H groups in total. The van der Waals surface area contributed by atoms with E-state index in [4.69, 9.17) is 4.74 Å². The van der Waals surface area contributed by atoms with Crippen LogP contribution >= 0.6 is 0 Å². The molecular formula is C18H23N7O2. The van der Waals surface area contributed by atoms with Crippen LogP contribution in [-0.4, -0.2) is 57.9 Å². The van der Waals surface area contributed by atoms with Crippen LogP contribution in [0.5, 0.6) is 0 Å². The zero-order valence-electron chi connectivity index (χ0n) is 15.6. The highest BCUT2D eigenvalue weighted by Gasteiger charge is 2.30. The molecule has 2 unspecified atom stereocenters. The molecule has 2 atom stereocenters. The molecule has 27 heavy (non-hydrogen) atoms. The van der Waals surface area contributed by atoms with Crippen molar-refractivity contribution >= 4 is 34.7 Å². The number of nitrogens with zero attached hydrogens (tertiary/aromatic N) is 4. The standard InChI is InChI=1S/C18H23N7O2/c1-5-11(7-19-10(2)3)15-24-14-16(21-9-22-17(14)25-15)23-12-6-13(20-8-12)18(26)27-4/h5,7,9,12-13,20H,2,6,8H2,1,3-4H3,(H2,21,22,23,24,25)/b11-5+,19-7-. The molecule has 1 aliphatic rings. The van der Waals surface area contributed by atoms with Crippen molar-refractivity contribution < 1.29 is 9.53 Å². The zero-order valence-corrected chi connectivity index (χ0v) is 15.6. The van der Waals surface area contributed by atoms with Crippen LogP contribution in [0.15, 0.2) is 29.7 Å². The molecule has 0 spiro atoms. The number of ether oxygens (including phenoxy) is 1. The summed E-state index contributed by atoms with van der Waals surface area (Å²) >= 11 is 0. The normalized spacial score (nSPS) is 20.3. The Balaban J connectivity index is 1.82. The number of nitrogens with one attached hydrogen (secondary N) is 3. The highest BCUT2D eigenvalue weighted by atomic mass is 16.5. The van der Waals surface area contributed by atoms with Gasteiger partial charge in [-0.2, -0.15) is 0 Å². The van der Waals surface area contributed by atoms with Gasteiger partial charge in [-0.05, 0) is 20.3 Å². The first kappa shape index (κ1) is 18.7. The Morgan fingerprint density at radius 1 is 1.48 bits per heavy atom. The Morgan fingerprint density at radius 2 is 2.30 bits per heavy atom. The minimum Gasteiger partial charge on any atom is -0.468 e. The number of aliphatic imine (C=N–C) groups is 1.